The molecule has 3 rings (SSSR count). The lowest BCUT2D eigenvalue weighted by atomic mass is 10.1. The van der Waals surface area contributed by atoms with Crippen molar-refractivity contribution in [3.05, 3.63) is 77.5 Å². The number of nitrogens with zero attached hydrogens (tertiary/aromatic N) is 1. The van der Waals surface area contributed by atoms with Crippen LogP contribution in [0.4, 0.5) is 22.9 Å². The summed E-state index contributed by atoms with van der Waals surface area (Å²) in [5.74, 6) is 0.372. The summed E-state index contributed by atoms with van der Waals surface area (Å²) in [6.07, 6.45) is 1.60. The Hall–Kier alpha value is -3.67. The van der Waals surface area contributed by atoms with E-state index in [0.717, 1.165) is 22.5 Å². The van der Waals surface area contributed by atoms with Crippen LogP contribution < -0.4 is 16.0 Å². The molecule has 0 saturated carbocycles. The molecular formula is C22H22N4O2. The summed E-state index contributed by atoms with van der Waals surface area (Å²) in [4.78, 5) is 27.8. The number of benzene rings is 2. The van der Waals surface area contributed by atoms with Gasteiger partial charge in [-0.3, -0.25) is 9.59 Å². The Morgan fingerprint density at radius 2 is 1.46 bits per heavy atom. The second-order valence-electron chi connectivity index (χ2n) is 6.57. The van der Waals surface area contributed by atoms with Crippen LogP contribution >= 0.6 is 0 Å². The van der Waals surface area contributed by atoms with Gasteiger partial charge in [0, 0.05) is 23.9 Å². The Balaban J connectivity index is 1.62. The Bertz CT molecular complexity index is 996. The van der Waals surface area contributed by atoms with Crippen LogP contribution in [0.5, 0.6) is 0 Å². The average Bonchev–Trinajstić information content (AvgIpc) is 2.66. The van der Waals surface area contributed by atoms with Gasteiger partial charge in [-0.15, -0.1) is 0 Å². The van der Waals surface area contributed by atoms with Gasteiger partial charge in [0.25, 0.3) is 5.91 Å². The number of pyridine rings is 1. The summed E-state index contributed by atoms with van der Waals surface area (Å²) in [6.45, 7) is 5.47. The number of hydrogen-bond acceptors (Lipinski definition) is 4. The number of rotatable bonds is 5. The van der Waals surface area contributed by atoms with Crippen molar-refractivity contribution in [3.63, 3.8) is 0 Å². The van der Waals surface area contributed by atoms with Crippen molar-refractivity contribution in [3.8, 4) is 0 Å². The van der Waals surface area contributed by atoms with E-state index in [1.165, 1.54) is 6.92 Å². The van der Waals surface area contributed by atoms with Crippen molar-refractivity contribution in [1.82, 2.24) is 4.98 Å². The summed E-state index contributed by atoms with van der Waals surface area (Å²) < 4.78 is 0. The van der Waals surface area contributed by atoms with E-state index in [0.29, 0.717) is 17.1 Å². The first-order valence-corrected chi connectivity index (χ1v) is 8.90. The molecule has 3 aromatic rings. The molecule has 0 radical (unpaired) electrons. The normalized spacial score (nSPS) is 10.2. The van der Waals surface area contributed by atoms with E-state index < -0.39 is 0 Å². The van der Waals surface area contributed by atoms with E-state index in [1.807, 2.05) is 56.3 Å². The molecule has 2 aromatic carbocycles. The largest absolute Gasteiger partial charge is 0.340 e. The van der Waals surface area contributed by atoms with Crippen molar-refractivity contribution in [2.75, 3.05) is 16.0 Å². The minimum Gasteiger partial charge on any atom is -0.340 e. The lowest BCUT2D eigenvalue weighted by Crippen LogP contribution is -2.12. The fourth-order valence-electron chi connectivity index (χ4n) is 2.62. The van der Waals surface area contributed by atoms with Crippen molar-refractivity contribution in [1.29, 1.82) is 0 Å². The highest BCUT2D eigenvalue weighted by atomic mass is 16.2. The molecule has 6 nitrogen and oxygen atoms in total. The molecule has 0 unspecified atom stereocenters. The van der Waals surface area contributed by atoms with E-state index in [1.54, 1.807) is 18.3 Å². The second kappa shape index (κ2) is 8.35. The first kappa shape index (κ1) is 19.1. The molecule has 6 heteroatoms. The van der Waals surface area contributed by atoms with E-state index >= 15 is 0 Å². The second-order valence-corrected chi connectivity index (χ2v) is 6.57. The van der Waals surface area contributed by atoms with Crippen molar-refractivity contribution in [2.24, 2.45) is 0 Å². The minimum absolute atomic E-state index is 0.110. The molecule has 28 heavy (non-hydrogen) atoms. The molecule has 0 atom stereocenters. The molecule has 142 valence electrons. The Morgan fingerprint density at radius 1 is 0.786 bits per heavy atom. The molecule has 0 bridgehead atoms. The highest BCUT2D eigenvalue weighted by Gasteiger charge is 2.07. The topological polar surface area (TPSA) is 83.1 Å². The smallest absolute Gasteiger partial charge is 0.255 e. The van der Waals surface area contributed by atoms with Crippen molar-refractivity contribution in [2.45, 2.75) is 20.8 Å². The van der Waals surface area contributed by atoms with Crippen molar-refractivity contribution >= 4 is 34.7 Å². The number of anilines is 4. The zero-order valence-corrected chi connectivity index (χ0v) is 16.0. The number of aryl methyl sites for hydroxylation is 2. The average molecular weight is 374 g/mol. The van der Waals surface area contributed by atoms with Crippen LogP contribution in [-0.2, 0) is 4.79 Å². The fourth-order valence-corrected chi connectivity index (χ4v) is 2.62. The third kappa shape index (κ3) is 4.94. The number of hydrogen-bond donors (Lipinski definition) is 3. The summed E-state index contributed by atoms with van der Waals surface area (Å²) in [5.41, 5.74) is 5.04. The molecule has 0 saturated heterocycles. The van der Waals surface area contributed by atoms with E-state index in [-0.39, 0.29) is 11.8 Å². The highest BCUT2D eigenvalue weighted by molar-refractivity contribution is 6.04. The van der Waals surface area contributed by atoms with Gasteiger partial charge in [-0.2, -0.15) is 0 Å². The SMILES string of the molecule is CC(=O)Nc1ccc(Nc2ccc(NC(=O)c3ccc(C)c(C)c3)cn2)cc1. The molecular weight excluding hydrogens is 352 g/mol. The zero-order chi connectivity index (χ0) is 20.1. The van der Waals surface area contributed by atoms with Gasteiger partial charge in [-0.05, 0) is 73.5 Å². The molecule has 0 fully saturated rings. The monoisotopic (exact) mass is 374 g/mol. The first-order chi connectivity index (χ1) is 13.4. The summed E-state index contributed by atoms with van der Waals surface area (Å²) in [7, 11) is 0. The van der Waals surface area contributed by atoms with E-state index in [2.05, 4.69) is 20.9 Å². The molecule has 0 aliphatic rings. The van der Waals surface area contributed by atoms with Crippen LogP contribution in [0.3, 0.4) is 0 Å². The zero-order valence-electron chi connectivity index (χ0n) is 16.0. The molecule has 2 amide bonds. The number of aromatic nitrogens is 1. The van der Waals surface area contributed by atoms with Gasteiger partial charge < -0.3 is 16.0 Å². The number of carbonyl (C=O) groups excluding carboxylic acids is 2. The number of nitrogens with one attached hydrogen (secondary N) is 3. The van der Waals surface area contributed by atoms with Crippen LogP contribution in [-0.4, -0.2) is 16.8 Å². The predicted molar refractivity (Wildman–Crippen MR) is 112 cm³/mol. The van der Waals surface area contributed by atoms with Gasteiger partial charge in [0.15, 0.2) is 0 Å². The summed E-state index contributed by atoms with van der Waals surface area (Å²) in [5, 5.41) is 8.74. The number of carbonyl (C=O) groups is 2. The lowest BCUT2D eigenvalue weighted by molar-refractivity contribution is -0.114. The van der Waals surface area contributed by atoms with Gasteiger partial charge in [0.2, 0.25) is 5.91 Å². The quantitative estimate of drug-likeness (QED) is 0.607. The fraction of sp³-hybridized carbons (Fsp3) is 0.136. The summed E-state index contributed by atoms with van der Waals surface area (Å²) >= 11 is 0. The first-order valence-electron chi connectivity index (χ1n) is 8.90. The Kier molecular flexibility index (Phi) is 5.69. The van der Waals surface area contributed by atoms with Crippen molar-refractivity contribution < 1.29 is 9.59 Å². The van der Waals surface area contributed by atoms with Crippen LogP contribution in [0.15, 0.2) is 60.8 Å². The molecule has 1 aromatic heterocycles. The maximum absolute atomic E-state index is 12.4. The van der Waals surface area contributed by atoms with Crippen LogP contribution in [0.1, 0.15) is 28.4 Å². The van der Waals surface area contributed by atoms with Gasteiger partial charge in [0.1, 0.15) is 5.82 Å². The standard InChI is InChI=1S/C22H22N4O2/c1-14-4-5-17(12-15(14)2)22(28)26-20-10-11-21(23-13-20)25-19-8-6-18(7-9-19)24-16(3)27/h4-13H,1-3H3,(H,23,25)(H,24,27)(H,26,28). The van der Waals surface area contributed by atoms with Crippen LogP contribution in [0.2, 0.25) is 0 Å². The van der Waals surface area contributed by atoms with Gasteiger partial charge in [-0.25, -0.2) is 4.98 Å². The number of amides is 2. The maximum Gasteiger partial charge on any atom is 0.255 e. The third-order valence-corrected chi connectivity index (χ3v) is 4.27. The van der Waals surface area contributed by atoms with Gasteiger partial charge in [0.05, 0.1) is 11.9 Å². The Morgan fingerprint density at radius 3 is 2.07 bits per heavy atom. The van der Waals surface area contributed by atoms with Crippen LogP contribution in [0, 0.1) is 13.8 Å². The highest BCUT2D eigenvalue weighted by Crippen LogP contribution is 2.19. The molecule has 3 N–H and O–H groups in total. The Labute approximate surface area is 164 Å². The molecule has 0 spiro atoms. The molecule has 1 heterocycles. The predicted octanol–water partition coefficient (Wildman–Crippen LogP) is 4.65. The van der Waals surface area contributed by atoms with Gasteiger partial charge >= 0.3 is 0 Å². The van der Waals surface area contributed by atoms with Crippen LogP contribution in [0.25, 0.3) is 0 Å². The molecule has 0 aliphatic carbocycles. The van der Waals surface area contributed by atoms with E-state index in [4.69, 9.17) is 0 Å². The molecule has 0 aliphatic heterocycles. The summed E-state index contributed by atoms with van der Waals surface area (Å²) in [6, 6.07) is 16.5. The van der Waals surface area contributed by atoms with Gasteiger partial charge in [-0.1, -0.05) is 6.07 Å². The maximum atomic E-state index is 12.4. The third-order valence-electron chi connectivity index (χ3n) is 4.27. The minimum atomic E-state index is -0.167. The lowest BCUT2D eigenvalue weighted by Gasteiger charge is -2.09. The van der Waals surface area contributed by atoms with E-state index in [9.17, 15) is 9.59 Å².